The van der Waals surface area contributed by atoms with Gasteiger partial charge in [0.2, 0.25) is 0 Å². The van der Waals surface area contributed by atoms with Crippen molar-refractivity contribution in [2.45, 2.75) is 45.1 Å². The average Bonchev–Trinajstić information content (AvgIpc) is 3.02. The predicted molar refractivity (Wildman–Crippen MR) is 58.7 cm³/mol. The quantitative estimate of drug-likeness (QED) is 0.773. The molecule has 3 heteroatoms. The first-order valence-corrected chi connectivity index (χ1v) is 6.19. The van der Waals surface area contributed by atoms with Crippen molar-refractivity contribution >= 4 is 5.97 Å². The summed E-state index contributed by atoms with van der Waals surface area (Å²) in [5, 5.41) is 9.25. The fourth-order valence-electron chi connectivity index (χ4n) is 2.75. The van der Waals surface area contributed by atoms with Gasteiger partial charge in [-0.1, -0.05) is 13.3 Å². The summed E-state index contributed by atoms with van der Waals surface area (Å²) in [6.07, 6.45) is 5.88. The zero-order chi connectivity index (χ0) is 10.8. The molecule has 0 amide bonds. The lowest BCUT2D eigenvalue weighted by Gasteiger charge is -2.36. The molecule has 0 aromatic rings. The van der Waals surface area contributed by atoms with Gasteiger partial charge in [0.1, 0.15) is 6.04 Å². The zero-order valence-corrected chi connectivity index (χ0v) is 9.48. The number of carboxylic acids is 1. The number of piperidine rings is 1. The van der Waals surface area contributed by atoms with Crippen LogP contribution in [0.15, 0.2) is 0 Å². The van der Waals surface area contributed by atoms with Gasteiger partial charge in [0.15, 0.2) is 0 Å². The summed E-state index contributed by atoms with van der Waals surface area (Å²) in [5.41, 5.74) is 0. The van der Waals surface area contributed by atoms with E-state index in [-0.39, 0.29) is 6.04 Å². The van der Waals surface area contributed by atoms with Crippen LogP contribution in [0.2, 0.25) is 0 Å². The van der Waals surface area contributed by atoms with E-state index in [2.05, 4.69) is 11.8 Å². The van der Waals surface area contributed by atoms with Crippen LogP contribution in [0, 0.1) is 11.8 Å². The second-order valence-electron chi connectivity index (χ2n) is 5.03. The van der Waals surface area contributed by atoms with E-state index in [0.717, 1.165) is 31.8 Å². The molecule has 0 bridgehead atoms. The van der Waals surface area contributed by atoms with Crippen LogP contribution >= 0.6 is 0 Å². The topological polar surface area (TPSA) is 40.5 Å². The van der Waals surface area contributed by atoms with Gasteiger partial charge < -0.3 is 5.11 Å². The van der Waals surface area contributed by atoms with Crippen LogP contribution in [0.4, 0.5) is 0 Å². The number of aliphatic carboxylic acids is 1. The summed E-state index contributed by atoms with van der Waals surface area (Å²) in [7, 11) is 0. The Labute approximate surface area is 91.5 Å². The monoisotopic (exact) mass is 211 g/mol. The second kappa shape index (κ2) is 4.52. The number of hydrogen-bond donors (Lipinski definition) is 1. The smallest absolute Gasteiger partial charge is 0.321 e. The minimum Gasteiger partial charge on any atom is -0.480 e. The van der Waals surface area contributed by atoms with Crippen molar-refractivity contribution in [3.8, 4) is 0 Å². The first-order valence-electron chi connectivity index (χ1n) is 6.19. The molecule has 2 fully saturated rings. The van der Waals surface area contributed by atoms with Crippen LogP contribution in [0.3, 0.4) is 0 Å². The summed E-state index contributed by atoms with van der Waals surface area (Å²) in [6.45, 7) is 4.20. The Morgan fingerprint density at radius 1 is 1.47 bits per heavy atom. The van der Waals surface area contributed by atoms with Crippen molar-refractivity contribution in [2.75, 3.05) is 13.1 Å². The highest BCUT2D eigenvalue weighted by Gasteiger charge is 2.41. The van der Waals surface area contributed by atoms with Gasteiger partial charge in [-0.3, -0.25) is 9.69 Å². The molecular weight excluding hydrogens is 190 g/mol. The Morgan fingerprint density at radius 3 is 2.73 bits per heavy atom. The van der Waals surface area contributed by atoms with Gasteiger partial charge in [0.05, 0.1) is 0 Å². The lowest BCUT2D eigenvalue weighted by Crippen LogP contribution is -2.47. The molecule has 1 N–H and O–H groups in total. The number of carboxylic acid groups (broad SMARTS) is 1. The van der Waals surface area contributed by atoms with Crippen molar-refractivity contribution in [1.29, 1.82) is 0 Å². The molecule has 2 unspecified atom stereocenters. The maximum absolute atomic E-state index is 11.2. The van der Waals surface area contributed by atoms with Gasteiger partial charge in [0.25, 0.3) is 0 Å². The van der Waals surface area contributed by atoms with Gasteiger partial charge in [-0.05, 0) is 44.1 Å². The van der Waals surface area contributed by atoms with E-state index in [0.29, 0.717) is 5.92 Å². The molecule has 86 valence electrons. The molecule has 1 heterocycles. The highest BCUT2D eigenvalue weighted by Crippen LogP contribution is 2.37. The Bertz CT molecular complexity index is 238. The van der Waals surface area contributed by atoms with Gasteiger partial charge in [-0.25, -0.2) is 0 Å². The van der Waals surface area contributed by atoms with E-state index >= 15 is 0 Å². The van der Waals surface area contributed by atoms with E-state index in [9.17, 15) is 9.90 Å². The van der Waals surface area contributed by atoms with Crippen LogP contribution in [0.5, 0.6) is 0 Å². The van der Waals surface area contributed by atoms with Crippen LogP contribution in [-0.4, -0.2) is 35.1 Å². The van der Waals surface area contributed by atoms with E-state index in [1.54, 1.807) is 0 Å². The van der Waals surface area contributed by atoms with E-state index in [1.807, 2.05) is 0 Å². The van der Waals surface area contributed by atoms with Crippen molar-refractivity contribution in [3.05, 3.63) is 0 Å². The zero-order valence-electron chi connectivity index (χ0n) is 9.48. The van der Waals surface area contributed by atoms with E-state index in [4.69, 9.17) is 0 Å². The molecule has 3 nitrogen and oxygen atoms in total. The minimum absolute atomic E-state index is 0.181. The summed E-state index contributed by atoms with van der Waals surface area (Å²) in [6, 6.07) is -0.181. The molecule has 1 saturated carbocycles. The molecule has 0 aromatic carbocycles. The fourth-order valence-corrected chi connectivity index (χ4v) is 2.75. The number of hydrogen-bond acceptors (Lipinski definition) is 2. The van der Waals surface area contributed by atoms with Gasteiger partial charge in [-0.15, -0.1) is 0 Å². The first kappa shape index (κ1) is 10.9. The number of carbonyl (C=O) groups is 1. The highest BCUT2D eigenvalue weighted by molar-refractivity contribution is 5.74. The Hall–Kier alpha value is -0.570. The van der Waals surface area contributed by atoms with Crippen LogP contribution in [0.25, 0.3) is 0 Å². The van der Waals surface area contributed by atoms with E-state index in [1.165, 1.54) is 19.3 Å². The van der Waals surface area contributed by atoms with Gasteiger partial charge in [0, 0.05) is 6.54 Å². The minimum atomic E-state index is -0.603. The van der Waals surface area contributed by atoms with E-state index < -0.39 is 5.97 Å². The Kier molecular flexibility index (Phi) is 3.29. The number of nitrogens with zero attached hydrogens (tertiary/aromatic N) is 1. The summed E-state index contributed by atoms with van der Waals surface area (Å²) in [4.78, 5) is 13.5. The molecule has 2 rings (SSSR count). The third kappa shape index (κ3) is 2.51. The molecule has 0 spiro atoms. The van der Waals surface area contributed by atoms with Crippen molar-refractivity contribution in [1.82, 2.24) is 4.90 Å². The van der Waals surface area contributed by atoms with Crippen LogP contribution in [0.1, 0.15) is 39.0 Å². The fraction of sp³-hybridized carbons (Fsp3) is 0.917. The maximum atomic E-state index is 11.2. The van der Waals surface area contributed by atoms with Gasteiger partial charge in [-0.2, -0.15) is 0 Å². The average molecular weight is 211 g/mol. The lowest BCUT2D eigenvalue weighted by molar-refractivity contribution is -0.145. The predicted octanol–water partition coefficient (Wildman–Crippen LogP) is 1.97. The Balaban J connectivity index is 1.97. The molecule has 2 aliphatic rings. The largest absolute Gasteiger partial charge is 0.480 e. The third-order valence-electron chi connectivity index (χ3n) is 3.84. The molecule has 0 radical (unpaired) electrons. The van der Waals surface area contributed by atoms with Crippen LogP contribution < -0.4 is 0 Å². The second-order valence-corrected chi connectivity index (χ2v) is 5.03. The molecule has 1 saturated heterocycles. The third-order valence-corrected chi connectivity index (χ3v) is 3.84. The molecule has 2 atom stereocenters. The van der Waals surface area contributed by atoms with Crippen molar-refractivity contribution < 1.29 is 9.90 Å². The summed E-state index contributed by atoms with van der Waals surface area (Å²) in [5.74, 6) is 0.562. The maximum Gasteiger partial charge on any atom is 0.321 e. The SMILES string of the molecule is CCC1CCCN(C(C(=O)O)C2CC2)C1. The summed E-state index contributed by atoms with van der Waals surface area (Å²) < 4.78 is 0. The Morgan fingerprint density at radius 2 is 2.20 bits per heavy atom. The molecular formula is C12H21NO2. The van der Waals surface area contributed by atoms with Crippen molar-refractivity contribution in [2.24, 2.45) is 11.8 Å². The van der Waals surface area contributed by atoms with Crippen molar-refractivity contribution in [3.63, 3.8) is 0 Å². The van der Waals surface area contributed by atoms with Crippen LogP contribution in [-0.2, 0) is 4.79 Å². The lowest BCUT2D eigenvalue weighted by atomic mass is 9.93. The number of likely N-dealkylation sites (tertiary alicyclic amines) is 1. The molecule has 0 aromatic heterocycles. The molecule has 1 aliphatic carbocycles. The summed E-state index contributed by atoms with van der Waals surface area (Å²) >= 11 is 0. The first-order chi connectivity index (χ1) is 7.22. The molecule has 15 heavy (non-hydrogen) atoms. The highest BCUT2D eigenvalue weighted by atomic mass is 16.4. The normalized spacial score (nSPS) is 30.1. The number of rotatable bonds is 4. The standard InChI is InChI=1S/C12H21NO2/c1-2-9-4-3-7-13(8-9)11(12(14)15)10-5-6-10/h9-11H,2-8H2,1H3,(H,14,15). The van der Waals surface area contributed by atoms with Gasteiger partial charge >= 0.3 is 5.97 Å². The molecule has 1 aliphatic heterocycles.